The molecular formula is C11H10F2O. The van der Waals surface area contributed by atoms with E-state index in [1.54, 1.807) is 0 Å². The summed E-state index contributed by atoms with van der Waals surface area (Å²) in [6.45, 7) is -0.538. The normalized spacial score (nSPS) is 11.0. The van der Waals surface area contributed by atoms with Crippen molar-refractivity contribution in [3.8, 4) is 12.3 Å². The van der Waals surface area contributed by atoms with E-state index in [4.69, 9.17) is 11.5 Å². The van der Waals surface area contributed by atoms with Crippen LogP contribution in [-0.2, 0) is 5.92 Å². The molecule has 1 aromatic rings. The topological polar surface area (TPSA) is 20.2 Å². The van der Waals surface area contributed by atoms with Gasteiger partial charge in [-0.05, 0) is 12.1 Å². The summed E-state index contributed by atoms with van der Waals surface area (Å²) in [7, 11) is 0. The minimum absolute atomic E-state index is 0.120. The summed E-state index contributed by atoms with van der Waals surface area (Å²) < 4.78 is 26.4. The van der Waals surface area contributed by atoms with Crippen LogP contribution in [0.15, 0.2) is 24.3 Å². The van der Waals surface area contributed by atoms with E-state index in [9.17, 15) is 8.78 Å². The highest BCUT2D eigenvalue weighted by Gasteiger charge is 2.30. The first-order chi connectivity index (χ1) is 6.60. The fraction of sp³-hybridized carbons (Fsp3) is 0.273. The lowest BCUT2D eigenvalue weighted by atomic mass is 10.0. The van der Waals surface area contributed by atoms with Crippen molar-refractivity contribution in [3.63, 3.8) is 0 Å². The van der Waals surface area contributed by atoms with Crippen LogP contribution < -0.4 is 0 Å². The standard InChI is InChI=1S/C11H10F2O/c1-2-9-3-5-10(6-4-9)11(12,13)7-8-14/h1,3-6,14H,7-8H2. The third-order valence-electron chi connectivity index (χ3n) is 1.90. The lowest BCUT2D eigenvalue weighted by Crippen LogP contribution is -2.14. The summed E-state index contributed by atoms with van der Waals surface area (Å²) in [5, 5.41) is 8.45. The smallest absolute Gasteiger partial charge is 0.275 e. The van der Waals surface area contributed by atoms with Gasteiger partial charge in [-0.3, -0.25) is 0 Å². The van der Waals surface area contributed by atoms with Crippen molar-refractivity contribution in [1.29, 1.82) is 0 Å². The van der Waals surface area contributed by atoms with E-state index in [2.05, 4.69) is 5.92 Å². The maximum absolute atomic E-state index is 13.2. The highest BCUT2D eigenvalue weighted by atomic mass is 19.3. The predicted octanol–water partition coefficient (Wildman–Crippen LogP) is 2.14. The molecule has 0 fully saturated rings. The number of alkyl halides is 2. The van der Waals surface area contributed by atoms with Crippen LogP contribution in [0.1, 0.15) is 17.5 Å². The van der Waals surface area contributed by atoms with Crippen molar-refractivity contribution in [2.75, 3.05) is 6.61 Å². The van der Waals surface area contributed by atoms with Crippen LogP contribution in [0.2, 0.25) is 0 Å². The molecule has 0 heterocycles. The van der Waals surface area contributed by atoms with Crippen LogP contribution in [0.25, 0.3) is 0 Å². The molecular weight excluding hydrogens is 186 g/mol. The molecule has 0 aliphatic rings. The van der Waals surface area contributed by atoms with Gasteiger partial charge >= 0.3 is 0 Å². The van der Waals surface area contributed by atoms with Gasteiger partial charge < -0.3 is 5.11 Å². The summed E-state index contributed by atoms with van der Waals surface area (Å²) in [5.74, 6) is -0.641. The van der Waals surface area contributed by atoms with Gasteiger partial charge in [0, 0.05) is 24.2 Å². The molecule has 1 N–H and O–H groups in total. The first kappa shape index (κ1) is 10.7. The largest absolute Gasteiger partial charge is 0.396 e. The minimum atomic E-state index is -2.98. The second kappa shape index (κ2) is 4.21. The number of rotatable bonds is 3. The maximum Gasteiger partial charge on any atom is 0.275 e. The fourth-order valence-corrected chi connectivity index (χ4v) is 1.10. The van der Waals surface area contributed by atoms with Crippen LogP contribution in [-0.4, -0.2) is 11.7 Å². The molecule has 0 aliphatic carbocycles. The third-order valence-corrected chi connectivity index (χ3v) is 1.90. The maximum atomic E-state index is 13.2. The Hall–Kier alpha value is -1.40. The minimum Gasteiger partial charge on any atom is -0.396 e. The number of aliphatic hydroxyl groups is 1. The molecule has 0 amide bonds. The van der Waals surface area contributed by atoms with Gasteiger partial charge in [-0.25, -0.2) is 8.78 Å². The molecule has 0 saturated heterocycles. The molecule has 0 spiro atoms. The van der Waals surface area contributed by atoms with Gasteiger partial charge in [0.25, 0.3) is 5.92 Å². The number of aliphatic hydroxyl groups excluding tert-OH is 1. The second-order valence-electron chi connectivity index (χ2n) is 2.90. The zero-order valence-electron chi connectivity index (χ0n) is 7.50. The molecule has 0 aromatic heterocycles. The summed E-state index contributed by atoms with van der Waals surface area (Å²) in [4.78, 5) is 0. The predicted molar refractivity (Wildman–Crippen MR) is 50.0 cm³/mol. The highest BCUT2D eigenvalue weighted by molar-refractivity contribution is 5.35. The molecule has 0 radical (unpaired) electrons. The molecule has 1 nitrogen and oxygen atoms in total. The van der Waals surface area contributed by atoms with Crippen molar-refractivity contribution in [1.82, 2.24) is 0 Å². The third kappa shape index (κ3) is 2.30. The SMILES string of the molecule is C#Cc1ccc(C(F)(F)CCO)cc1. The number of terminal acetylenes is 1. The molecule has 1 aromatic carbocycles. The van der Waals surface area contributed by atoms with E-state index in [-0.39, 0.29) is 5.56 Å². The summed E-state index contributed by atoms with van der Waals surface area (Å²) in [5.41, 5.74) is 0.444. The Morgan fingerprint density at radius 3 is 2.29 bits per heavy atom. The van der Waals surface area contributed by atoms with E-state index in [1.165, 1.54) is 24.3 Å². The Kier molecular flexibility index (Phi) is 3.21. The first-order valence-corrected chi connectivity index (χ1v) is 4.16. The Bertz CT molecular complexity index is 335. The molecule has 0 bridgehead atoms. The van der Waals surface area contributed by atoms with Crippen LogP contribution >= 0.6 is 0 Å². The van der Waals surface area contributed by atoms with Gasteiger partial charge in [-0.2, -0.15) is 0 Å². The Balaban J connectivity index is 2.92. The Morgan fingerprint density at radius 2 is 1.86 bits per heavy atom. The zero-order chi connectivity index (χ0) is 10.6. The zero-order valence-corrected chi connectivity index (χ0v) is 7.50. The van der Waals surface area contributed by atoms with Gasteiger partial charge in [-0.15, -0.1) is 6.42 Å². The molecule has 74 valence electrons. The number of hydrogen-bond donors (Lipinski definition) is 1. The van der Waals surface area contributed by atoms with Crippen LogP contribution in [0, 0.1) is 12.3 Å². The van der Waals surface area contributed by atoms with Crippen LogP contribution in [0.3, 0.4) is 0 Å². The van der Waals surface area contributed by atoms with E-state index >= 15 is 0 Å². The number of hydrogen-bond acceptors (Lipinski definition) is 1. The van der Waals surface area contributed by atoms with Gasteiger partial charge in [0.15, 0.2) is 0 Å². The Morgan fingerprint density at radius 1 is 1.29 bits per heavy atom. The lowest BCUT2D eigenvalue weighted by molar-refractivity contribution is -0.0269. The lowest BCUT2D eigenvalue weighted by Gasteiger charge is -2.14. The van der Waals surface area contributed by atoms with E-state index in [0.717, 1.165) is 0 Å². The molecule has 0 atom stereocenters. The van der Waals surface area contributed by atoms with Crippen molar-refractivity contribution >= 4 is 0 Å². The van der Waals surface area contributed by atoms with Gasteiger partial charge in [-0.1, -0.05) is 18.1 Å². The van der Waals surface area contributed by atoms with Gasteiger partial charge in [0.2, 0.25) is 0 Å². The van der Waals surface area contributed by atoms with Crippen molar-refractivity contribution in [3.05, 3.63) is 35.4 Å². The molecule has 14 heavy (non-hydrogen) atoms. The quantitative estimate of drug-likeness (QED) is 0.734. The summed E-state index contributed by atoms with van der Waals surface area (Å²) in [6.07, 6.45) is 4.52. The van der Waals surface area contributed by atoms with Crippen molar-refractivity contribution in [2.45, 2.75) is 12.3 Å². The molecule has 0 unspecified atom stereocenters. The van der Waals surface area contributed by atoms with E-state index < -0.39 is 19.0 Å². The van der Waals surface area contributed by atoms with E-state index in [1.807, 2.05) is 0 Å². The molecule has 3 heteroatoms. The Labute approximate surface area is 81.4 Å². The monoisotopic (exact) mass is 196 g/mol. The van der Waals surface area contributed by atoms with Crippen molar-refractivity contribution in [2.24, 2.45) is 0 Å². The van der Waals surface area contributed by atoms with Gasteiger partial charge in [0.05, 0.1) is 0 Å². The average Bonchev–Trinajstić information content (AvgIpc) is 2.18. The second-order valence-corrected chi connectivity index (χ2v) is 2.90. The highest BCUT2D eigenvalue weighted by Crippen LogP contribution is 2.31. The summed E-state index contributed by atoms with van der Waals surface area (Å²) in [6, 6.07) is 5.48. The number of halogens is 2. The first-order valence-electron chi connectivity index (χ1n) is 4.16. The average molecular weight is 196 g/mol. The fourth-order valence-electron chi connectivity index (χ4n) is 1.10. The van der Waals surface area contributed by atoms with E-state index in [0.29, 0.717) is 5.56 Å². The molecule has 1 rings (SSSR count). The summed E-state index contributed by atoms with van der Waals surface area (Å²) >= 11 is 0. The molecule has 0 aliphatic heterocycles. The molecule has 0 saturated carbocycles. The van der Waals surface area contributed by atoms with Gasteiger partial charge in [0.1, 0.15) is 0 Å². The number of benzene rings is 1. The van der Waals surface area contributed by atoms with Crippen LogP contribution in [0.4, 0.5) is 8.78 Å². The van der Waals surface area contributed by atoms with Crippen molar-refractivity contribution < 1.29 is 13.9 Å². The van der Waals surface area contributed by atoms with Crippen LogP contribution in [0.5, 0.6) is 0 Å².